The van der Waals surface area contributed by atoms with Gasteiger partial charge in [-0.1, -0.05) is 24.5 Å². The van der Waals surface area contributed by atoms with Gasteiger partial charge in [0, 0.05) is 49.9 Å². The number of hydrogen-bond donors (Lipinski definition) is 1. The van der Waals surface area contributed by atoms with Crippen molar-refractivity contribution in [3.63, 3.8) is 0 Å². The fourth-order valence-electron chi connectivity index (χ4n) is 10.2. The summed E-state index contributed by atoms with van der Waals surface area (Å²) in [5.41, 5.74) is 1.32. The lowest BCUT2D eigenvalue weighted by molar-refractivity contribution is -0.131. The van der Waals surface area contributed by atoms with Crippen molar-refractivity contribution in [3.05, 3.63) is 59.9 Å². The van der Waals surface area contributed by atoms with Gasteiger partial charge in [0.1, 0.15) is 11.4 Å². The molecule has 4 saturated heterocycles. The lowest BCUT2D eigenvalue weighted by Crippen LogP contribution is -2.68. The van der Waals surface area contributed by atoms with E-state index in [4.69, 9.17) is 9.47 Å². The fraction of sp³-hybridized carbons (Fsp3) is 0.619. The van der Waals surface area contributed by atoms with Crippen molar-refractivity contribution in [2.45, 2.75) is 79.9 Å². The second-order valence-electron chi connectivity index (χ2n) is 16.3. The topological polar surface area (TPSA) is 112 Å². The summed E-state index contributed by atoms with van der Waals surface area (Å²) >= 11 is 0. The molecule has 0 radical (unpaired) electrons. The van der Waals surface area contributed by atoms with Crippen LogP contribution in [0.5, 0.6) is 0 Å². The third-order valence-electron chi connectivity index (χ3n) is 13.3. The number of alkyl carbamates (subject to hydrolysis) is 1. The van der Waals surface area contributed by atoms with Gasteiger partial charge in [0.05, 0.1) is 30.8 Å². The molecule has 13 heteroatoms. The predicted octanol–water partition coefficient (Wildman–Crippen LogP) is 4.31. The van der Waals surface area contributed by atoms with Gasteiger partial charge in [0.2, 0.25) is 0 Å². The van der Waals surface area contributed by atoms with E-state index in [2.05, 4.69) is 37.9 Å². The van der Waals surface area contributed by atoms with Crippen LogP contribution in [0.4, 0.5) is 14.9 Å². The molecule has 298 valence electrons. The van der Waals surface area contributed by atoms with Crippen LogP contribution in [0.1, 0.15) is 57.4 Å². The number of rotatable bonds is 13. The average molecular weight is 778 g/mol. The Balaban J connectivity index is 1.01. The van der Waals surface area contributed by atoms with Gasteiger partial charge in [-0.05, 0) is 131 Å². The second kappa shape index (κ2) is 16.4. The molecule has 1 saturated carbocycles. The molecule has 0 aromatic heterocycles. The minimum Gasteiger partial charge on any atom is -0.453 e. The van der Waals surface area contributed by atoms with Gasteiger partial charge in [-0.15, -0.1) is 0 Å². The van der Waals surface area contributed by atoms with Crippen LogP contribution < -0.4 is 10.2 Å². The monoisotopic (exact) mass is 777 g/mol. The Hall–Kier alpha value is -3.70. The largest absolute Gasteiger partial charge is 0.453 e. The number of halogens is 1. The Bertz CT molecular complexity index is 1870. The molecule has 4 atom stereocenters. The number of piperidine rings is 1. The van der Waals surface area contributed by atoms with Gasteiger partial charge in [-0.3, -0.25) is 4.79 Å². The number of sulfone groups is 1. The Morgan fingerprint density at radius 3 is 2.29 bits per heavy atom. The highest BCUT2D eigenvalue weighted by atomic mass is 32.2. The highest BCUT2D eigenvalue weighted by Crippen LogP contribution is 2.51. The highest BCUT2D eigenvalue weighted by Gasteiger charge is 2.54. The standard InChI is InChI=1S/C42H56FN5O6S/c1-4-8-39(49)48-24-19-35(48)26-55(51,52)36-15-13-34(14-16-36)47-28-41(29-47,54-3)27-46-22-17-31(18-23-46)42(30-45-20-7-21-45,32-9-5-10-33(43)25-32)37-11-6-12-38(37)44-40(50)53-2/h5,9-10,13-16,25,31,35,37-38H,6-7,11-12,17-24,26-30H2,1-3H3,(H,44,50)/t35-,37+,38+,42+/m1/s1. The van der Waals surface area contributed by atoms with Gasteiger partial charge in [-0.25, -0.2) is 17.6 Å². The number of nitrogens with one attached hydrogen (secondary N) is 1. The number of hydrogen-bond acceptors (Lipinski definition) is 9. The summed E-state index contributed by atoms with van der Waals surface area (Å²) < 4.78 is 52.8. The van der Waals surface area contributed by atoms with Gasteiger partial charge >= 0.3 is 6.09 Å². The number of benzene rings is 2. The molecule has 2 aromatic carbocycles. The molecule has 1 N–H and O–H groups in total. The van der Waals surface area contributed by atoms with Crippen molar-refractivity contribution < 1.29 is 31.9 Å². The van der Waals surface area contributed by atoms with Crippen molar-refractivity contribution in [2.75, 3.05) is 83.8 Å². The smallest absolute Gasteiger partial charge is 0.407 e. The molecule has 4 aliphatic heterocycles. The van der Waals surface area contributed by atoms with Crippen LogP contribution in [-0.4, -0.2) is 132 Å². The zero-order valence-corrected chi connectivity index (χ0v) is 33.3. The number of likely N-dealkylation sites (tertiary alicyclic amines) is 3. The van der Waals surface area contributed by atoms with Crippen LogP contribution in [-0.2, 0) is 29.5 Å². The van der Waals surface area contributed by atoms with Gasteiger partial charge < -0.3 is 34.4 Å². The Labute approximate surface area is 325 Å². The first-order chi connectivity index (χ1) is 26.5. The van der Waals surface area contributed by atoms with Crippen LogP contribution in [0.15, 0.2) is 53.4 Å². The lowest BCUT2D eigenvalue weighted by atomic mass is 9.57. The number of methoxy groups -OCH3 is 2. The van der Waals surface area contributed by atoms with Crippen LogP contribution >= 0.6 is 0 Å². The van der Waals surface area contributed by atoms with Crippen LogP contribution in [0.2, 0.25) is 0 Å². The van der Waals surface area contributed by atoms with Crippen LogP contribution in [0, 0.1) is 29.5 Å². The third-order valence-corrected chi connectivity index (χ3v) is 15.1. The summed E-state index contributed by atoms with van der Waals surface area (Å²) in [4.78, 5) is 33.8. The molecule has 5 fully saturated rings. The lowest BCUT2D eigenvalue weighted by Gasteiger charge is -2.55. The number of nitrogens with zero attached hydrogens (tertiary/aromatic N) is 4. The Kier molecular flexibility index (Phi) is 11.8. The van der Waals surface area contributed by atoms with E-state index in [1.165, 1.54) is 19.6 Å². The summed E-state index contributed by atoms with van der Waals surface area (Å²) in [6.45, 7) is 9.04. The maximum atomic E-state index is 15.1. The summed E-state index contributed by atoms with van der Waals surface area (Å²) in [5.74, 6) is 4.93. The molecule has 11 nitrogen and oxygen atoms in total. The zero-order chi connectivity index (χ0) is 38.8. The molecule has 2 aromatic rings. The summed E-state index contributed by atoms with van der Waals surface area (Å²) in [7, 11) is -0.388. The molecular formula is C42H56FN5O6S. The average Bonchev–Trinajstić information content (AvgIpc) is 3.60. The van der Waals surface area contributed by atoms with E-state index in [9.17, 15) is 18.0 Å². The first kappa shape index (κ1) is 39.5. The second-order valence-corrected chi connectivity index (χ2v) is 18.4. The number of anilines is 1. The molecule has 1 aliphatic carbocycles. The van der Waals surface area contributed by atoms with Crippen molar-refractivity contribution in [2.24, 2.45) is 11.8 Å². The molecule has 0 spiro atoms. The normalized spacial score (nSPS) is 25.4. The molecule has 4 heterocycles. The molecule has 2 amide bonds. The van der Waals surface area contributed by atoms with E-state index in [1.807, 2.05) is 18.2 Å². The van der Waals surface area contributed by atoms with E-state index in [0.717, 1.165) is 82.6 Å². The first-order valence-corrected chi connectivity index (χ1v) is 21.6. The van der Waals surface area contributed by atoms with Crippen molar-refractivity contribution in [1.82, 2.24) is 20.0 Å². The van der Waals surface area contributed by atoms with Crippen molar-refractivity contribution >= 4 is 27.5 Å². The van der Waals surface area contributed by atoms with E-state index in [1.54, 1.807) is 37.1 Å². The third kappa shape index (κ3) is 8.11. The van der Waals surface area contributed by atoms with E-state index < -0.39 is 15.9 Å². The van der Waals surface area contributed by atoms with Gasteiger partial charge in [-0.2, -0.15) is 0 Å². The maximum Gasteiger partial charge on any atom is 0.407 e. The minimum absolute atomic E-state index is 0.0356. The Morgan fingerprint density at radius 2 is 1.69 bits per heavy atom. The minimum atomic E-state index is -3.57. The summed E-state index contributed by atoms with van der Waals surface area (Å²) in [6, 6.07) is 13.9. The number of amides is 2. The molecule has 0 bridgehead atoms. The van der Waals surface area contributed by atoms with Gasteiger partial charge in [0.15, 0.2) is 9.84 Å². The van der Waals surface area contributed by atoms with E-state index in [-0.39, 0.29) is 51.4 Å². The fourth-order valence-corrected chi connectivity index (χ4v) is 11.7. The predicted molar refractivity (Wildman–Crippen MR) is 209 cm³/mol. The molecule has 7 rings (SSSR count). The summed E-state index contributed by atoms with van der Waals surface area (Å²) in [5, 5.41) is 3.18. The summed E-state index contributed by atoms with van der Waals surface area (Å²) in [6.07, 6.45) is 6.22. The first-order valence-electron chi connectivity index (χ1n) is 19.9. The van der Waals surface area contributed by atoms with Crippen molar-refractivity contribution in [1.29, 1.82) is 0 Å². The number of ether oxygens (including phenoxy) is 2. The van der Waals surface area contributed by atoms with Gasteiger partial charge in [0.25, 0.3) is 5.91 Å². The van der Waals surface area contributed by atoms with E-state index >= 15 is 4.39 Å². The quantitative estimate of drug-likeness (QED) is 0.298. The van der Waals surface area contributed by atoms with Crippen molar-refractivity contribution in [3.8, 4) is 11.8 Å². The molecule has 5 aliphatic rings. The molecular weight excluding hydrogens is 722 g/mol. The number of carbonyl (C=O) groups excluding carboxylic acids is 2. The molecule has 55 heavy (non-hydrogen) atoms. The van der Waals surface area contributed by atoms with Crippen LogP contribution in [0.25, 0.3) is 0 Å². The van der Waals surface area contributed by atoms with Crippen LogP contribution in [0.3, 0.4) is 0 Å². The Morgan fingerprint density at radius 1 is 0.945 bits per heavy atom. The molecule has 0 unspecified atom stereocenters. The van der Waals surface area contributed by atoms with E-state index in [0.29, 0.717) is 32.0 Å². The zero-order valence-electron chi connectivity index (χ0n) is 32.5. The maximum absolute atomic E-state index is 15.1. The number of carbonyl (C=O) groups is 2. The highest BCUT2D eigenvalue weighted by molar-refractivity contribution is 7.91. The SMILES string of the molecule is CC#CC(=O)N1CC[C@@H]1CS(=O)(=O)c1ccc(N2CC(CN3CCC([C@@](CN4CCC4)(c4cccc(F)c4)[C@H]4CCC[C@@H]4NC(=O)OC)CC3)(OC)C2)cc1.